The van der Waals surface area contributed by atoms with E-state index in [1.807, 2.05) is 44.4 Å². The molecule has 1 atom stereocenters. The van der Waals surface area contributed by atoms with E-state index in [4.69, 9.17) is 11.6 Å². The van der Waals surface area contributed by atoms with Crippen molar-refractivity contribution in [3.8, 4) is 0 Å². The predicted molar refractivity (Wildman–Crippen MR) is 93.5 cm³/mol. The van der Waals surface area contributed by atoms with E-state index in [9.17, 15) is 5.11 Å². The van der Waals surface area contributed by atoms with E-state index in [1.54, 1.807) is 12.1 Å². The number of likely N-dealkylation sites (N-methyl/N-ethyl adjacent to an activating group) is 1. The van der Waals surface area contributed by atoms with E-state index in [0.717, 1.165) is 22.4 Å². The molecule has 3 aromatic rings. The normalized spacial score (nSPS) is 12.9. The lowest BCUT2D eigenvalue weighted by Gasteiger charge is -2.20. The number of fused-ring (bicyclic) bond motifs is 1. The Bertz CT molecular complexity index is 798. The smallest absolute Gasteiger partial charge is 0.123 e. The minimum Gasteiger partial charge on any atom is -0.387 e. The molecule has 0 saturated carbocycles. The average molecular weight is 330 g/mol. The molecule has 0 aliphatic heterocycles. The zero-order valence-corrected chi connectivity index (χ0v) is 14.0. The molecule has 0 spiro atoms. The molecule has 120 valence electrons. The van der Waals surface area contributed by atoms with Gasteiger partial charge in [0.15, 0.2) is 0 Å². The summed E-state index contributed by atoms with van der Waals surface area (Å²) in [7, 11) is 4.01. The first-order chi connectivity index (χ1) is 11.0. The zero-order valence-electron chi connectivity index (χ0n) is 13.3. The molecule has 23 heavy (non-hydrogen) atoms. The molecule has 0 saturated heterocycles. The molecule has 5 heteroatoms. The fourth-order valence-electron chi connectivity index (χ4n) is 2.73. The van der Waals surface area contributed by atoms with Crippen LogP contribution < -0.4 is 0 Å². The van der Waals surface area contributed by atoms with Crippen molar-refractivity contribution in [3.05, 3.63) is 64.9 Å². The summed E-state index contributed by atoms with van der Waals surface area (Å²) in [5.41, 5.74) is 2.98. The molecule has 0 bridgehead atoms. The number of benzene rings is 2. The van der Waals surface area contributed by atoms with Crippen molar-refractivity contribution in [2.24, 2.45) is 7.05 Å². The highest BCUT2D eigenvalue weighted by molar-refractivity contribution is 6.30. The molecule has 0 radical (unpaired) electrons. The highest BCUT2D eigenvalue weighted by atomic mass is 35.5. The molecule has 0 fully saturated rings. The number of para-hydroxylation sites is 2. The van der Waals surface area contributed by atoms with Crippen LogP contribution in [-0.2, 0) is 13.6 Å². The van der Waals surface area contributed by atoms with Gasteiger partial charge in [-0.05, 0) is 36.9 Å². The van der Waals surface area contributed by atoms with Gasteiger partial charge >= 0.3 is 0 Å². The van der Waals surface area contributed by atoms with Crippen LogP contribution in [0.4, 0.5) is 0 Å². The quantitative estimate of drug-likeness (QED) is 0.780. The van der Waals surface area contributed by atoms with Gasteiger partial charge in [-0.15, -0.1) is 0 Å². The second kappa shape index (κ2) is 6.71. The van der Waals surface area contributed by atoms with Crippen molar-refractivity contribution in [1.29, 1.82) is 0 Å². The van der Waals surface area contributed by atoms with Crippen molar-refractivity contribution in [1.82, 2.24) is 14.5 Å². The predicted octanol–water partition coefficient (Wildman–Crippen LogP) is 3.39. The lowest BCUT2D eigenvalue weighted by Crippen LogP contribution is -2.25. The number of imidazole rings is 1. The summed E-state index contributed by atoms with van der Waals surface area (Å²) < 4.78 is 2.10. The van der Waals surface area contributed by atoms with Crippen LogP contribution in [0.5, 0.6) is 0 Å². The monoisotopic (exact) mass is 329 g/mol. The standard InChI is InChI=1S/C18H20ClN3O/c1-21(11-17(23)13-7-9-14(19)10-8-13)12-18-20-15-5-3-4-6-16(15)22(18)2/h3-10,17,23H,11-12H2,1-2H3. The largest absolute Gasteiger partial charge is 0.387 e. The molecule has 1 unspecified atom stereocenters. The third-order valence-electron chi connectivity index (χ3n) is 4.03. The highest BCUT2D eigenvalue weighted by Gasteiger charge is 2.14. The Morgan fingerprint density at radius 2 is 1.87 bits per heavy atom. The van der Waals surface area contributed by atoms with Crippen LogP contribution in [0.1, 0.15) is 17.5 Å². The van der Waals surface area contributed by atoms with Gasteiger partial charge in [0.1, 0.15) is 5.82 Å². The molecule has 3 rings (SSSR count). The van der Waals surface area contributed by atoms with Crippen molar-refractivity contribution in [2.75, 3.05) is 13.6 Å². The van der Waals surface area contributed by atoms with E-state index in [1.165, 1.54) is 0 Å². The van der Waals surface area contributed by atoms with Crippen molar-refractivity contribution in [3.63, 3.8) is 0 Å². The molecule has 2 aromatic carbocycles. The van der Waals surface area contributed by atoms with Crippen LogP contribution in [0.25, 0.3) is 11.0 Å². The Labute approximate surface area is 140 Å². The maximum absolute atomic E-state index is 10.4. The minimum atomic E-state index is -0.549. The molecule has 0 aliphatic carbocycles. The third-order valence-corrected chi connectivity index (χ3v) is 4.28. The number of aryl methyl sites for hydroxylation is 1. The van der Waals surface area contributed by atoms with Crippen LogP contribution in [0.2, 0.25) is 5.02 Å². The highest BCUT2D eigenvalue weighted by Crippen LogP contribution is 2.19. The summed E-state index contributed by atoms with van der Waals surface area (Å²) in [6, 6.07) is 15.4. The average Bonchev–Trinajstić information content (AvgIpc) is 2.84. The molecular formula is C18H20ClN3O. The van der Waals surface area contributed by atoms with Crippen LogP contribution in [0.3, 0.4) is 0 Å². The van der Waals surface area contributed by atoms with Crippen molar-refractivity contribution >= 4 is 22.6 Å². The first-order valence-corrected chi connectivity index (χ1v) is 7.95. The van der Waals surface area contributed by atoms with E-state index in [0.29, 0.717) is 18.1 Å². The van der Waals surface area contributed by atoms with E-state index in [2.05, 4.69) is 20.5 Å². The number of rotatable bonds is 5. The molecule has 0 aliphatic rings. The van der Waals surface area contributed by atoms with Gasteiger partial charge in [0.2, 0.25) is 0 Å². The number of hydrogen-bond acceptors (Lipinski definition) is 3. The van der Waals surface area contributed by atoms with Gasteiger partial charge in [-0.25, -0.2) is 4.98 Å². The summed E-state index contributed by atoms with van der Waals surface area (Å²) >= 11 is 5.88. The van der Waals surface area contributed by atoms with Crippen LogP contribution in [-0.4, -0.2) is 33.1 Å². The second-order valence-corrected chi connectivity index (χ2v) is 6.28. The van der Waals surface area contributed by atoms with E-state index >= 15 is 0 Å². The number of halogens is 1. The Morgan fingerprint density at radius 3 is 2.57 bits per heavy atom. The molecule has 4 nitrogen and oxygen atoms in total. The first kappa shape index (κ1) is 16.0. The minimum absolute atomic E-state index is 0.533. The lowest BCUT2D eigenvalue weighted by molar-refractivity contribution is 0.122. The van der Waals surface area contributed by atoms with Crippen LogP contribution >= 0.6 is 11.6 Å². The summed E-state index contributed by atoms with van der Waals surface area (Å²) in [4.78, 5) is 6.74. The number of hydrogen-bond donors (Lipinski definition) is 1. The van der Waals surface area contributed by atoms with Gasteiger partial charge in [0.05, 0.1) is 23.7 Å². The molecule has 0 amide bonds. The maximum Gasteiger partial charge on any atom is 0.123 e. The number of aliphatic hydroxyl groups is 1. The summed E-state index contributed by atoms with van der Waals surface area (Å²) in [5, 5.41) is 11.0. The SMILES string of the molecule is CN(Cc1nc2ccccc2n1C)CC(O)c1ccc(Cl)cc1. The fourth-order valence-corrected chi connectivity index (χ4v) is 2.85. The van der Waals surface area contributed by atoms with Gasteiger partial charge in [-0.2, -0.15) is 0 Å². The Morgan fingerprint density at radius 1 is 1.17 bits per heavy atom. The second-order valence-electron chi connectivity index (χ2n) is 5.84. The number of nitrogens with zero attached hydrogens (tertiary/aromatic N) is 3. The maximum atomic E-state index is 10.4. The number of aromatic nitrogens is 2. The van der Waals surface area contributed by atoms with Crippen molar-refractivity contribution < 1.29 is 5.11 Å². The van der Waals surface area contributed by atoms with Crippen LogP contribution in [0.15, 0.2) is 48.5 Å². The first-order valence-electron chi connectivity index (χ1n) is 7.57. The Hall–Kier alpha value is -1.88. The van der Waals surface area contributed by atoms with E-state index < -0.39 is 6.10 Å². The Kier molecular flexibility index (Phi) is 4.66. The van der Waals surface area contributed by atoms with Gasteiger partial charge in [0, 0.05) is 18.6 Å². The molecule has 1 aromatic heterocycles. The molecular weight excluding hydrogens is 310 g/mol. The lowest BCUT2D eigenvalue weighted by atomic mass is 10.1. The van der Waals surface area contributed by atoms with Gasteiger partial charge in [-0.1, -0.05) is 35.9 Å². The third kappa shape index (κ3) is 3.55. The van der Waals surface area contributed by atoms with Gasteiger partial charge in [-0.3, -0.25) is 4.90 Å². The fraction of sp³-hybridized carbons (Fsp3) is 0.278. The van der Waals surface area contributed by atoms with Crippen molar-refractivity contribution in [2.45, 2.75) is 12.6 Å². The summed E-state index contributed by atoms with van der Waals surface area (Å²) in [6.45, 7) is 1.21. The van der Waals surface area contributed by atoms with Gasteiger partial charge in [0.25, 0.3) is 0 Å². The summed E-state index contributed by atoms with van der Waals surface area (Å²) in [5.74, 6) is 0.983. The molecule has 1 heterocycles. The molecule has 1 N–H and O–H groups in total. The topological polar surface area (TPSA) is 41.3 Å². The summed E-state index contributed by atoms with van der Waals surface area (Å²) in [6.07, 6.45) is -0.549. The van der Waals surface area contributed by atoms with Gasteiger partial charge < -0.3 is 9.67 Å². The van der Waals surface area contributed by atoms with Crippen LogP contribution in [0, 0.1) is 0 Å². The Balaban J connectivity index is 1.69. The zero-order chi connectivity index (χ0) is 16.4. The van der Waals surface area contributed by atoms with E-state index in [-0.39, 0.29) is 0 Å². The number of aliphatic hydroxyl groups excluding tert-OH is 1.